The second kappa shape index (κ2) is 11.4. The number of amidine groups is 2. The van der Waals surface area contributed by atoms with Gasteiger partial charge in [-0.1, -0.05) is 47.8 Å². The van der Waals surface area contributed by atoms with E-state index in [0.717, 1.165) is 50.0 Å². The van der Waals surface area contributed by atoms with Crippen molar-refractivity contribution in [2.75, 3.05) is 11.5 Å². The monoisotopic (exact) mass is 338 g/mol. The molecule has 0 radical (unpaired) electrons. The molecular formula is C16H26N4S2. The summed E-state index contributed by atoms with van der Waals surface area (Å²) < 4.78 is 0. The highest BCUT2D eigenvalue weighted by atomic mass is 32.2. The molecule has 0 spiro atoms. The van der Waals surface area contributed by atoms with E-state index in [1.54, 1.807) is 0 Å². The van der Waals surface area contributed by atoms with Crippen molar-refractivity contribution < 1.29 is 0 Å². The van der Waals surface area contributed by atoms with E-state index >= 15 is 0 Å². The van der Waals surface area contributed by atoms with Gasteiger partial charge in [-0.3, -0.25) is 10.8 Å². The number of rotatable bonds is 10. The highest BCUT2D eigenvalue weighted by molar-refractivity contribution is 8.13. The lowest BCUT2D eigenvalue weighted by Crippen LogP contribution is -2.04. The van der Waals surface area contributed by atoms with Crippen molar-refractivity contribution in [3.05, 3.63) is 35.4 Å². The maximum Gasteiger partial charge on any atom is 0.151 e. The minimum atomic E-state index is 0.213. The maximum atomic E-state index is 7.16. The van der Waals surface area contributed by atoms with Gasteiger partial charge in [0, 0.05) is 11.5 Å². The second-order valence-corrected chi connectivity index (χ2v) is 7.43. The van der Waals surface area contributed by atoms with Crippen molar-refractivity contribution in [2.24, 2.45) is 11.5 Å². The van der Waals surface area contributed by atoms with Crippen molar-refractivity contribution in [1.29, 1.82) is 10.8 Å². The van der Waals surface area contributed by atoms with E-state index in [0.29, 0.717) is 0 Å². The molecule has 0 aromatic heterocycles. The van der Waals surface area contributed by atoms with Crippen LogP contribution >= 0.6 is 23.5 Å². The fraction of sp³-hybridized carbons (Fsp3) is 0.500. The van der Waals surface area contributed by atoms with Crippen LogP contribution in [0.3, 0.4) is 0 Å². The molecule has 0 aliphatic rings. The molecule has 1 rings (SSSR count). The van der Waals surface area contributed by atoms with Crippen LogP contribution in [-0.2, 0) is 12.8 Å². The predicted molar refractivity (Wildman–Crippen MR) is 101 cm³/mol. The van der Waals surface area contributed by atoms with Gasteiger partial charge in [-0.25, -0.2) is 0 Å². The summed E-state index contributed by atoms with van der Waals surface area (Å²) in [5.41, 5.74) is 13.4. The fourth-order valence-corrected chi connectivity index (χ4v) is 3.30. The molecule has 0 amide bonds. The standard InChI is InChI=1S/C16H26N4S2/c17-15(18)21-10-3-1-6-13-8-5-9-14(12-13)7-2-4-11-22-16(19)20/h5,8-9,12H,1-4,6-7,10-11H2,(H3,17,18)(H3,19,20). The Morgan fingerprint density at radius 2 is 1.27 bits per heavy atom. The Morgan fingerprint density at radius 1 is 0.818 bits per heavy atom. The average Bonchev–Trinajstić information content (AvgIpc) is 2.46. The Bertz CT molecular complexity index is 438. The molecule has 1 aromatic carbocycles. The van der Waals surface area contributed by atoms with Crippen LogP contribution in [0.2, 0.25) is 0 Å². The van der Waals surface area contributed by atoms with Gasteiger partial charge in [0.1, 0.15) is 0 Å². The molecule has 0 fully saturated rings. The lowest BCUT2D eigenvalue weighted by molar-refractivity contribution is 0.788. The molecule has 0 unspecified atom stereocenters. The Morgan fingerprint density at radius 3 is 1.68 bits per heavy atom. The van der Waals surface area contributed by atoms with E-state index in [9.17, 15) is 0 Å². The number of aryl methyl sites for hydroxylation is 2. The quantitative estimate of drug-likeness (QED) is 0.297. The van der Waals surface area contributed by atoms with Crippen molar-refractivity contribution >= 4 is 33.9 Å². The molecule has 0 saturated carbocycles. The van der Waals surface area contributed by atoms with E-state index < -0.39 is 0 Å². The van der Waals surface area contributed by atoms with Crippen molar-refractivity contribution in [1.82, 2.24) is 0 Å². The molecule has 0 bridgehead atoms. The molecule has 0 aliphatic carbocycles. The zero-order valence-corrected chi connectivity index (χ0v) is 14.6. The number of nitrogens with one attached hydrogen (secondary N) is 2. The minimum absolute atomic E-state index is 0.213. The number of thioether (sulfide) groups is 2. The van der Waals surface area contributed by atoms with Gasteiger partial charge >= 0.3 is 0 Å². The van der Waals surface area contributed by atoms with Crippen LogP contribution in [0.1, 0.15) is 36.8 Å². The third-order valence-electron chi connectivity index (χ3n) is 3.23. The van der Waals surface area contributed by atoms with Gasteiger partial charge in [-0.2, -0.15) is 0 Å². The zero-order valence-electron chi connectivity index (χ0n) is 12.9. The largest absolute Gasteiger partial charge is 0.379 e. The topological polar surface area (TPSA) is 99.7 Å². The summed E-state index contributed by atoms with van der Waals surface area (Å²) in [5.74, 6) is 1.87. The zero-order chi connectivity index (χ0) is 16.2. The fourth-order valence-electron chi connectivity index (χ4n) is 2.17. The van der Waals surface area contributed by atoms with Gasteiger partial charge in [0.05, 0.1) is 0 Å². The number of hydrogen-bond acceptors (Lipinski definition) is 4. The van der Waals surface area contributed by atoms with Gasteiger partial charge in [0.25, 0.3) is 0 Å². The minimum Gasteiger partial charge on any atom is -0.379 e. The molecule has 22 heavy (non-hydrogen) atoms. The maximum absolute atomic E-state index is 7.16. The van der Waals surface area contributed by atoms with E-state index in [-0.39, 0.29) is 10.3 Å². The SMILES string of the molecule is N=C(N)SCCCCc1cccc(CCCCSC(=N)N)c1. The summed E-state index contributed by atoms with van der Waals surface area (Å²) in [4.78, 5) is 0. The molecule has 0 aliphatic heterocycles. The van der Waals surface area contributed by atoms with Gasteiger partial charge in [0.2, 0.25) is 0 Å². The van der Waals surface area contributed by atoms with Crippen LogP contribution in [0, 0.1) is 10.8 Å². The van der Waals surface area contributed by atoms with Crippen molar-refractivity contribution in [3.63, 3.8) is 0 Å². The predicted octanol–water partition coefficient (Wildman–Crippen LogP) is 3.59. The van der Waals surface area contributed by atoms with E-state index in [1.165, 1.54) is 34.7 Å². The van der Waals surface area contributed by atoms with Crippen LogP contribution in [0.5, 0.6) is 0 Å². The Labute approximate surface area is 141 Å². The third-order valence-corrected chi connectivity index (χ3v) is 4.83. The summed E-state index contributed by atoms with van der Waals surface area (Å²) >= 11 is 2.84. The Hall–Kier alpha value is -1.14. The summed E-state index contributed by atoms with van der Waals surface area (Å²) in [6, 6.07) is 8.82. The number of nitrogens with two attached hydrogens (primary N) is 2. The van der Waals surface area contributed by atoms with Gasteiger partial charge in [0.15, 0.2) is 10.3 Å². The van der Waals surface area contributed by atoms with E-state index in [2.05, 4.69) is 24.3 Å². The smallest absolute Gasteiger partial charge is 0.151 e. The highest BCUT2D eigenvalue weighted by Gasteiger charge is 1.99. The normalized spacial score (nSPS) is 10.5. The summed E-state index contributed by atoms with van der Waals surface area (Å²) in [5, 5.41) is 14.7. The summed E-state index contributed by atoms with van der Waals surface area (Å²) in [7, 11) is 0. The molecule has 1 aromatic rings. The van der Waals surface area contributed by atoms with Crippen LogP contribution in [0.15, 0.2) is 24.3 Å². The average molecular weight is 339 g/mol. The van der Waals surface area contributed by atoms with Crippen molar-refractivity contribution in [3.8, 4) is 0 Å². The number of unbranched alkanes of at least 4 members (excludes halogenated alkanes) is 2. The third kappa shape index (κ3) is 9.73. The second-order valence-electron chi connectivity index (χ2n) is 5.16. The Kier molecular flexibility index (Phi) is 9.82. The first kappa shape index (κ1) is 18.9. The Balaban J connectivity index is 2.21. The van der Waals surface area contributed by atoms with Crippen LogP contribution in [0.25, 0.3) is 0 Å². The molecule has 0 atom stereocenters. The molecule has 6 N–H and O–H groups in total. The lowest BCUT2D eigenvalue weighted by atomic mass is 10.0. The first-order chi connectivity index (χ1) is 10.6. The first-order valence-corrected chi connectivity index (χ1v) is 9.56. The first-order valence-electron chi connectivity index (χ1n) is 7.59. The van der Waals surface area contributed by atoms with Gasteiger partial charge < -0.3 is 11.5 Å². The van der Waals surface area contributed by atoms with Gasteiger partial charge in [-0.15, -0.1) is 0 Å². The number of hydrogen-bond donors (Lipinski definition) is 4. The summed E-state index contributed by atoms with van der Waals surface area (Å²) in [6.45, 7) is 0. The van der Waals surface area contributed by atoms with E-state index in [1.807, 2.05) is 0 Å². The molecule has 122 valence electrons. The highest BCUT2D eigenvalue weighted by Crippen LogP contribution is 2.13. The molecule has 4 nitrogen and oxygen atoms in total. The van der Waals surface area contributed by atoms with Crippen LogP contribution in [0.4, 0.5) is 0 Å². The number of benzene rings is 1. The van der Waals surface area contributed by atoms with Crippen LogP contribution in [-0.4, -0.2) is 21.8 Å². The lowest BCUT2D eigenvalue weighted by Gasteiger charge is -2.06. The molecular weight excluding hydrogens is 312 g/mol. The van der Waals surface area contributed by atoms with E-state index in [4.69, 9.17) is 22.3 Å². The summed E-state index contributed by atoms with van der Waals surface area (Å²) in [6.07, 6.45) is 6.64. The molecule has 0 saturated heterocycles. The van der Waals surface area contributed by atoms with Crippen molar-refractivity contribution in [2.45, 2.75) is 38.5 Å². The van der Waals surface area contributed by atoms with Gasteiger partial charge in [-0.05, 0) is 49.7 Å². The van der Waals surface area contributed by atoms with Crippen LogP contribution < -0.4 is 11.5 Å². The molecule has 0 heterocycles. The molecule has 6 heteroatoms.